The van der Waals surface area contributed by atoms with Gasteiger partial charge in [-0.1, -0.05) is 30.3 Å². The van der Waals surface area contributed by atoms with E-state index in [-0.39, 0.29) is 17.9 Å². The number of hydrogen-bond acceptors (Lipinski definition) is 3. The number of methoxy groups -OCH3 is 1. The number of nitrogens with two attached hydrogens (primary N) is 1. The van der Waals surface area contributed by atoms with Gasteiger partial charge in [-0.25, -0.2) is 0 Å². The maximum absolute atomic E-state index is 11.9. The molecule has 98 valence electrons. The Morgan fingerprint density at radius 2 is 2.17 bits per heavy atom. The molecule has 1 saturated heterocycles. The summed E-state index contributed by atoms with van der Waals surface area (Å²) in [5.41, 5.74) is 7.16. The molecule has 18 heavy (non-hydrogen) atoms. The molecule has 1 aliphatic rings. The second-order valence-electron chi connectivity index (χ2n) is 4.84. The minimum Gasteiger partial charge on any atom is -0.383 e. The fourth-order valence-electron chi connectivity index (χ4n) is 2.37. The van der Waals surface area contributed by atoms with E-state index in [1.54, 1.807) is 7.11 Å². The van der Waals surface area contributed by atoms with Crippen LogP contribution in [0.4, 0.5) is 0 Å². The van der Waals surface area contributed by atoms with Gasteiger partial charge < -0.3 is 15.4 Å². The molecule has 1 fully saturated rings. The second kappa shape index (κ2) is 5.98. The Morgan fingerprint density at radius 1 is 1.44 bits per heavy atom. The van der Waals surface area contributed by atoms with Gasteiger partial charge in [0.05, 0.1) is 6.61 Å². The van der Waals surface area contributed by atoms with Gasteiger partial charge in [-0.3, -0.25) is 4.79 Å². The molecule has 0 saturated carbocycles. The summed E-state index contributed by atoms with van der Waals surface area (Å²) in [6.45, 7) is 1.92. The van der Waals surface area contributed by atoms with Crippen molar-refractivity contribution in [2.75, 3.05) is 20.3 Å². The van der Waals surface area contributed by atoms with E-state index < -0.39 is 0 Å². The van der Waals surface area contributed by atoms with E-state index in [0.717, 1.165) is 12.1 Å². The van der Waals surface area contributed by atoms with E-state index in [9.17, 15) is 4.79 Å². The predicted octanol–water partition coefficient (Wildman–Crippen LogP) is 1.01. The highest BCUT2D eigenvalue weighted by molar-refractivity contribution is 5.78. The third-order valence-electron chi connectivity index (χ3n) is 3.43. The van der Waals surface area contributed by atoms with Gasteiger partial charge in [0.25, 0.3) is 0 Å². The number of carbonyl (C=O) groups is 1. The minimum absolute atomic E-state index is 0.0558. The summed E-state index contributed by atoms with van der Waals surface area (Å²) in [6, 6.07) is 9.98. The maximum Gasteiger partial charge on any atom is 0.223 e. The molecule has 4 heteroatoms. The van der Waals surface area contributed by atoms with E-state index in [2.05, 4.69) is 0 Å². The second-order valence-corrected chi connectivity index (χ2v) is 4.84. The molecule has 2 rings (SSSR count). The molecule has 0 bridgehead atoms. The van der Waals surface area contributed by atoms with Crippen molar-refractivity contribution in [2.45, 2.75) is 19.0 Å². The minimum atomic E-state index is -0.0558. The molecular weight excluding hydrogens is 228 g/mol. The van der Waals surface area contributed by atoms with Crippen LogP contribution in [-0.2, 0) is 16.1 Å². The lowest BCUT2D eigenvalue weighted by Crippen LogP contribution is -2.36. The summed E-state index contributed by atoms with van der Waals surface area (Å²) in [7, 11) is 1.64. The lowest BCUT2D eigenvalue weighted by Gasteiger charge is -2.19. The number of hydrogen-bond donors (Lipinski definition) is 1. The third kappa shape index (κ3) is 3.09. The van der Waals surface area contributed by atoms with Gasteiger partial charge in [0, 0.05) is 38.6 Å². The number of rotatable bonds is 5. The van der Waals surface area contributed by atoms with Crippen LogP contribution in [0.3, 0.4) is 0 Å². The monoisotopic (exact) mass is 248 g/mol. The van der Waals surface area contributed by atoms with Crippen molar-refractivity contribution < 1.29 is 9.53 Å². The van der Waals surface area contributed by atoms with Crippen molar-refractivity contribution in [1.82, 2.24) is 4.90 Å². The smallest absolute Gasteiger partial charge is 0.223 e. The molecule has 1 amide bonds. The van der Waals surface area contributed by atoms with Crippen LogP contribution in [0.5, 0.6) is 0 Å². The quantitative estimate of drug-likeness (QED) is 0.846. The molecule has 0 radical (unpaired) electrons. The Kier molecular flexibility index (Phi) is 4.33. The van der Waals surface area contributed by atoms with E-state index in [1.165, 1.54) is 0 Å². The SMILES string of the molecule is COC[C@@H](N)C1CC(=O)N(Cc2ccccc2)C1. The Bertz CT molecular complexity index is 394. The van der Waals surface area contributed by atoms with Gasteiger partial charge in [0.15, 0.2) is 0 Å². The average molecular weight is 248 g/mol. The zero-order chi connectivity index (χ0) is 13.0. The Morgan fingerprint density at radius 3 is 2.83 bits per heavy atom. The molecule has 0 spiro atoms. The summed E-state index contributed by atoms with van der Waals surface area (Å²) in [5, 5.41) is 0. The summed E-state index contributed by atoms with van der Waals surface area (Å²) >= 11 is 0. The van der Waals surface area contributed by atoms with Crippen LogP contribution in [0.15, 0.2) is 30.3 Å². The Hall–Kier alpha value is -1.39. The molecule has 4 nitrogen and oxygen atoms in total. The summed E-state index contributed by atoms with van der Waals surface area (Å²) < 4.78 is 5.05. The fraction of sp³-hybridized carbons (Fsp3) is 0.500. The highest BCUT2D eigenvalue weighted by Crippen LogP contribution is 2.22. The molecule has 0 aromatic heterocycles. The largest absolute Gasteiger partial charge is 0.383 e. The number of amides is 1. The first-order chi connectivity index (χ1) is 8.70. The van der Waals surface area contributed by atoms with Gasteiger partial charge in [-0.2, -0.15) is 0 Å². The van der Waals surface area contributed by atoms with Crippen molar-refractivity contribution in [3.63, 3.8) is 0 Å². The number of nitrogens with zero attached hydrogens (tertiary/aromatic N) is 1. The predicted molar refractivity (Wildman–Crippen MR) is 69.8 cm³/mol. The molecule has 2 atom stereocenters. The molecule has 1 unspecified atom stereocenters. The summed E-state index contributed by atoms with van der Waals surface area (Å²) in [4.78, 5) is 13.8. The van der Waals surface area contributed by atoms with Crippen molar-refractivity contribution in [3.05, 3.63) is 35.9 Å². The van der Waals surface area contributed by atoms with Crippen LogP contribution in [0.2, 0.25) is 0 Å². The molecule has 0 aliphatic carbocycles. The van der Waals surface area contributed by atoms with E-state index in [1.807, 2.05) is 35.2 Å². The first kappa shape index (κ1) is 13.1. The highest BCUT2D eigenvalue weighted by atomic mass is 16.5. The van der Waals surface area contributed by atoms with Crippen molar-refractivity contribution in [3.8, 4) is 0 Å². The fourth-order valence-corrected chi connectivity index (χ4v) is 2.37. The van der Waals surface area contributed by atoms with E-state index in [4.69, 9.17) is 10.5 Å². The van der Waals surface area contributed by atoms with Crippen LogP contribution >= 0.6 is 0 Å². The van der Waals surface area contributed by atoms with Crippen molar-refractivity contribution in [1.29, 1.82) is 0 Å². The topological polar surface area (TPSA) is 55.6 Å². The van der Waals surface area contributed by atoms with Crippen LogP contribution in [0, 0.1) is 5.92 Å². The summed E-state index contributed by atoms with van der Waals surface area (Å²) in [5.74, 6) is 0.400. The van der Waals surface area contributed by atoms with Crippen LogP contribution in [0.25, 0.3) is 0 Å². The average Bonchev–Trinajstić information content (AvgIpc) is 2.73. The number of likely N-dealkylation sites (tertiary alicyclic amines) is 1. The van der Waals surface area contributed by atoms with Crippen LogP contribution < -0.4 is 5.73 Å². The molecule has 1 aromatic rings. The van der Waals surface area contributed by atoms with Gasteiger partial charge >= 0.3 is 0 Å². The third-order valence-corrected chi connectivity index (χ3v) is 3.43. The van der Waals surface area contributed by atoms with E-state index >= 15 is 0 Å². The maximum atomic E-state index is 11.9. The zero-order valence-electron chi connectivity index (χ0n) is 10.7. The summed E-state index contributed by atoms with van der Waals surface area (Å²) in [6.07, 6.45) is 0.539. The first-order valence-electron chi connectivity index (χ1n) is 6.27. The number of benzene rings is 1. The number of ether oxygens (including phenoxy) is 1. The van der Waals surface area contributed by atoms with E-state index in [0.29, 0.717) is 19.6 Å². The standard InChI is InChI=1S/C14H20N2O2/c1-18-10-13(15)12-7-14(17)16(9-12)8-11-5-3-2-4-6-11/h2-6,12-13H,7-10,15H2,1H3/t12?,13-/m1/s1. The molecule has 1 aliphatic heterocycles. The molecule has 1 aromatic carbocycles. The van der Waals surface area contributed by atoms with Crippen molar-refractivity contribution in [2.24, 2.45) is 11.7 Å². The van der Waals surface area contributed by atoms with Crippen LogP contribution in [-0.4, -0.2) is 37.1 Å². The molecule has 2 N–H and O–H groups in total. The lowest BCUT2D eigenvalue weighted by atomic mass is 10.0. The first-order valence-corrected chi connectivity index (χ1v) is 6.27. The van der Waals surface area contributed by atoms with Crippen molar-refractivity contribution >= 4 is 5.91 Å². The van der Waals surface area contributed by atoms with Gasteiger partial charge in [-0.05, 0) is 5.56 Å². The van der Waals surface area contributed by atoms with Gasteiger partial charge in [0.2, 0.25) is 5.91 Å². The molecular formula is C14H20N2O2. The lowest BCUT2D eigenvalue weighted by molar-refractivity contribution is -0.128. The van der Waals surface area contributed by atoms with Gasteiger partial charge in [0.1, 0.15) is 0 Å². The normalized spacial score (nSPS) is 21.3. The van der Waals surface area contributed by atoms with Crippen LogP contribution in [0.1, 0.15) is 12.0 Å². The van der Waals surface area contributed by atoms with Gasteiger partial charge in [-0.15, -0.1) is 0 Å². The Balaban J connectivity index is 1.93. The highest BCUT2D eigenvalue weighted by Gasteiger charge is 2.33. The Labute approximate surface area is 108 Å². The molecule has 1 heterocycles. The number of carbonyl (C=O) groups excluding carboxylic acids is 1. The zero-order valence-corrected chi connectivity index (χ0v) is 10.7.